The van der Waals surface area contributed by atoms with Gasteiger partial charge in [0.05, 0.1) is 0 Å². The largest absolute Gasteiger partial charge is 0.490 e. The first-order valence-corrected chi connectivity index (χ1v) is 5.98. The fourth-order valence-corrected chi connectivity index (χ4v) is 2.00. The molecule has 4 heteroatoms. The topological polar surface area (TPSA) is 41.6 Å². The Hall–Kier alpha value is -1.55. The van der Waals surface area contributed by atoms with Crippen molar-refractivity contribution in [2.24, 2.45) is 0 Å². The van der Waals surface area contributed by atoms with Gasteiger partial charge in [-0.3, -0.25) is 10.2 Å². The molecule has 0 spiro atoms. The first-order chi connectivity index (χ1) is 8.24. The molecule has 17 heavy (non-hydrogen) atoms. The van der Waals surface area contributed by atoms with Crippen molar-refractivity contribution in [3.63, 3.8) is 0 Å². The predicted octanol–water partition coefficient (Wildman–Crippen LogP) is 1.58. The Morgan fingerprint density at radius 3 is 2.53 bits per heavy atom. The zero-order chi connectivity index (χ0) is 12.1. The third-order valence-electron chi connectivity index (χ3n) is 2.80. The molecule has 1 aliphatic rings. The highest BCUT2D eigenvalue weighted by atomic mass is 16.5. The van der Waals surface area contributed by atoms with Crippen LogP contribution in [0.4, 0.5) is 0 Å². The molecule has 1 heterocycles. The smallest absolute Gasteiger partial charge is 0.231 e. The number of carbonyl (C=O) groups is 1. The van der Waals surface area contributed by atoms with Gasteiger partial charge in [0, 0.05) is 20.0 Å². The second-order valence-electron chi connectivity index (χ2n) is 4.29. The SMILES string of the molecule is CC(=O)NN1CCC(Oc2ccccc2)CC1. The number of ether oxygens (including phenoxy) is 1. The van der Waals surface area contributed by atoms with Crippen LogP contribution in [0.5, 0.6) is 5.75 Å². The van der Waals surface area contributed by atoms with Crippen molar-refractivity contribution in [3.8, 4) is 5.75 Å². The van der Waals surface area contributed by atoms with Crippen molar-refractivity contribution in [1.29, 1.82) is 0 Å². The summed E-state index contributed by atoms with van der Waals surface area (Å²) in [6.45, 7) is 3.22. The monoisotopic (exact) mass is 234 g/mol. The molecule has 4 nitrogen and oxygen atoms in total. The van der Waals surface area contributed by atoms with Gasteiger partial charge >= 0.3 is 0 Å². The molecule has 1 fully saturated rings. The minimum absolute atomic E-state index is 0.00701. The fourth-order valence-electron chi connectivity index (χ4n) is 2.00. The zero-order valence-corrected chi connectivity index (χ0v) is 10.1. The summed E-state index contributed by atoms with van der Waals surface area (Å²) >= 11 is 0. The molecule has 0 atom stereocenters. The number of piperidine rings is 1. The van der Waals surface area contributed by atoms with Gasteiger partial charge in [-0.1, -0.05) is 18.2 Å². The number of para-hydroxylation sites is 1. The second kappa shape index (κ2) is 5.68. The van der Waals surface area contributed by atoms with Gasteiger partial charge in [0.15, 0.2) is 0 Å². The quantitative estimate of drug-likeness (QED) is 0.863. The molecule has 0 aromatic heterocycles. The minimum Gasteiger partial charge on any atom is -0.490 e. The molecule has 0 radical (unpaired) electrons. The Morgan fingerprint density at radius 1 is 1.29 bits per heavy atom. The summed E-state index contributed by atoms with van der Waals surface area (Å²) in [6, 6.07) is 9.87. The molecular formula is C13H18N2O2. The summed E-state index contributed by atoms with van der Waals surface area (Å²) in [5.74, 6) is 0.915. The summed E-state index contributed by atoms with van der Waals surface area (Å²) < 4.78 is 5.87. The summed E-state index contributed by atoms with van der Waals surface area (Å²) in [4.78, 5) is 10.9. The van der Waals surface area contributed by atoms with Gasteiger partial charge in [-0.2, -0.15) is 0 Å². The van der Waals surface area contributed by atoms with Gasteiger partial charge in [0.2, 0.25) is 5.91 Å². The normalized spacial score (nSPS) is 17.7. The molecule has 0 aliphatic carbocycles. The van der Waals surface area contributed by atoms with E-state index in [2.05, 4.69) is 5.43 Å². The molecule has 1 aromatic carbocycles. The van der Waals surface area contributed by atoms with Crippen LogP contribution in [0.1, 0.15) is 19.8 Å². The summed E-state index contributed by atoms with van der Waals surface area (Å²) in [6.07, 6.45) is 2.13. The van der Waals surface area contributed by atoms with E-state index in [1.165, 1.54) is 6.92 Å². The molecule has 2 rings (SSSR count). The number of hydrogen-bond acceptors (Lipinski definition) is 3. The third kappa shape index (κ3) is 3.75. The predicted molar refractivity (Wildman–Crippen MR) is 65.5 cm³/mol. The number of benzene rings is 1. The molecule has 1 aromatic rings. The van der Waals surface area contributed by atoms with Crippen LogP contribution in [0.25, 0.3) is 0 Å². The van der Waals surface area contributed by atoms with Crippen LogP contribution in [0.2, 0.25) is 0 Å². The molecule has 92 valence electrons. The lowest BCUT2D eigenvalue weighted by molar-refractivity contribution is -0.124. The van der Waals surface area contributed by atoms with Crippen LogP contribution in [0, 0.1) is 0 Å². The average Bonchev–Trinajstić information content (AvgIpc) is 2.32. The highest BCUT2D eigenvalue weighted by molar-refractivity contribution is 5.72. The molecule has 1 N–H and O–H groups in total. The Labute approximate surface area is 102 Å². The first-order valence-electron chi connectivity index (χ1n) is 5.98. The van der Waals surface area contributed by atoms with Gasteiger partial charge in [0.1, 0.15) is 11.9 Å². The van der Waals surface area contributed by atoms with Crippen molar-refractivity contribution in [1.82, 2.24) is 10.4 Å². The number of carbonyl (C=O) groups excluding carboxylic acids is 1. The highest BCUT2D eigenvalue weighted by Gasteiger charge is 2.20. The van der Waals surface area contributed by atoms with E-state index < -0.39 is 0 Å². The highest BCUT2D eigenvalue weighted by Crippen LogP contribution is 2.17. The van der Waals surface area contributed by atoms with E-state index in [0.717, 1.165) is 31.7 Å². The van der Waals surface area contributed by atoms with Crippen LogP contribution in [0.3, 0.4) is 0 Å². The average molecular weight is 234 g/mol. The standard InChI is InChI=1S/C13H18N2O2/c1-11(16)14-15-9-7-13(8-10-15)17-12-5-3-2-4-6-12/h2-6,13H,7-10H2,1H3,(H,14,16). The Kier molecular flexibility index (Phi) is 3.98. The summed E-state index contributed by atoms with van der Waals surface area (Å²) in [5, 5.41) is 1.95. The van der Waals surface area contributed by atoms with Gasteiger partial charge in [0.25, 0.3) is 0 Å². The zero-order valence-electron chi connectivity index (χ0n) is 10.1. The number of hydrogen-bond donors (Lipinski definition) is 1. The van der Waals surface area contributed by atoms with E-state index in [4.69, 9.17) is 4.74 Å². The molecule has 0 saturated carbocycles. The lowest BCUT2D eigenvalue weighted by atomic mass is 10.1. The van der Waals surface area contributed by atoms with Crippen molar-refractivity contribution in [3.05, 3.63) is 30.3 Å². The van der Waals surface area contributed by atoms with Crippen molar-refractivity contribution in [2.45, 2.75) is 25.9 Å². The lowest BCUT2D eigenvalue weighted by Crippen LogP contribution is -2.47. The molecule has 0 unspecified atom stereocenters. The van der Waals surface area contributed by atoms with Gasteiger partial charge in [-0.05, 0) is 25.0 Å². The Bertz CT molecular complexity index is 359. The van der Waals surface area contributed by atoms with E-state index in [0.29, 0.717) is 0 Å². The maximum atomic E-state index is 10.9. The van der Waals surface area contributed by atoms with Crippen molar-refractivity contribution >= 4 is 5.91 Å². The number of nitrogens with one attached hydrogen (secondary N) is 1. The van der Waals surface area contributed by atoms with E-state index in [-0.39, 0.29) is 12.0 Å². The molecule has 0 bridgehead atoms. The molecular weight excluding hydrogens is 216 g/mol. The number of hydrazine groups is 1. The molecule has 1 amide bonds. The van der Waals surface area contributed by atoms with Crippen LogP contribution in [0.15, 0.2) is 30.3 Å². The number of rotatable bonds is 3. The van der Waals surface area contributed by atoms with E-state index in [1.54, 1.807) is 0 Å². The summed E-state index contributed by atoms with van der Waals surface area (Å²) in [5.41, 5.74) is 2.80. The maximum Gasteiger partial charge on any atom is 0.231 e. The van der Waals surface area contributed by atoms with E-state index in [1.807, 2.05) is 35.3 Å². The Morgan fingerprint density at radius 2 is 1.94 bits per heavy atom. The fraction of sp³-hybridized carbons (Fsp3) is 0.462. The van der Waals surface area contributed by atoms with Crippen LogP contribution < -0.4 is 10.2 Å². The van der Waals surface area contributed by atoms with E-state index in [9.17, 15) is 4.79 Å². The molecule has 1 aliphatic heterocycles. The first kappa shape index (κ1) is 11.9. The van der Waals surface area contributed by atoms with Gasteiger partial charge in [-0.25, -0.2) is 5.01 Å². The van der Waals surface area contributed by atoms with Crippen molar-refractivity contribution < 1.29 is 9.53 Å². The van der Waals surface area contributed by atoms with Gasteiger partial charge in [-0.15, -0.1) is 0 Å². The van der Waals surface area contributed by atoms with E-state index >= 15 is 0 Å². The minimum atomic E-state index is -0.00701. The van der Waals surface area contributed by atoms with Crippen molar-refractivity contribution in [2.75, 3.05) is 13.1 Å². The number of nitrogens with zero attached hydrogens (tertiary/aromatic N) is 1. The third-order valence-corrected chi connectivity index (χ3v) is 2.80. The number of amides is 1. The maximum absolute atomic E-state index is 10.9. The molecule has 1 saturated heterocycles. The lowest BCUT2D eigenvalue weighted by Gasteiger charge is -2.31. The Balaban J connectivity index is 1.78. The second-order valence-corrected chi connectivity index (χ2v) is 4.29. The van der Waals surface area contributed by atoms with Gasteiger partial charge < -0.3 is 4.74 Å². The van der Waals surface area contributed by atoms with Crippen LogP contribution in [-0.4, -0.2) is 30.1 Å². The van der Waals surface area contributed by atoms with Crippen LogP contribution in [-0.2, 0) is 4.79 Å². The summed E-state index contributed by atoms with van der Waals surface area (Å²) in [7, 11) is 0. The van der Waals surface area contributed by atoms with Crippen LogP contribution >= 0.6 is 0 Å².